The second kappa shape index (κ2) is 8.07. The topological polar surface area (TPSA) is 89.5 Å². The van der Waals surface area contributed by atoms with Crippen molar-refractivity contribution < 1.29 is 14.7 Å². The zero-order valence-corrected chi connectivity index (χ0v) is 17.7. The lowest BCUT2D eigenvalue weighted by atomic mass is 9.95. The number of rotatable bonds is 5. The fourth-order valence-corrected chi connectivity index (χ4v) is 4.65. The predicted molar refractivity (Wildman–Crippen MR) is 114 cm³/mol. The first kappa shape index (κ1) is 20.3. The molecule has 1 unspecified atom stereocenters. The number of H-pyrrole nitrogens is 1. The normalized spacial score (nSPS) is 21.7. The Morgan fingerprint density at radius 2 is 1.90 bits per heavy atom. The van der Waals surface area contributed by atoms with Gasteiger partial charge in [-0.15, -0.1) is 0 Å². The van der Waals surface area contributed by atoms with E-state index in [9.17, 15) is 14.7 Å². The molecule has 0 aliphatic carbocycles. The molecule has 2 aromatic heterocycles. The largest absolute Gasteiger partial charge is 0.507 e. The van der Waals surface area contributed by atoms with E-state index in [4.69, 9.17) is 0 Å². The lowest BCUT2D eigenvalue weighted by Crippen LogP contribution is -2.37. The maximum Gasteiger partial charge on any atom is 0.295 e. The molecule has 30 heavy (non-hydrogen) atoms. The van der Waals surface area contributed by atoms with Crippen molar-refractivity contribution in [3.63, 3.8) is 0 Å². The Kier molecular flexibility index (Phi) is 5.47. The van der Waals surface area contributed by atoms with Gasteiger partial charge in [-0.1, -0.05) is 6.07 Å². The van der Waals surface area contributed by atoms with Crippen molar-refractivity contribution in [2.75, 3.05) is 26.2 Å². The monoisotopic (exact) mass is 408 g/mol. The molecule has 0 aromatic carbocycles. The Hall–Kier alpha value is -2.93. The molecule has 1 amide bonds. The lowest BCUT2D eigenvalue weighted by Gasteiger charge is -2.27. The zero-order chi connectivity index (χ0) is 21.4. The van der Waals surface area contributed by atoms with Gasteiger partial charge in [0.1, 0.15) is 5.76 Å². The summed E-state index contributed by atoms with van der Waals surface area (Å²) in [6, 6.07) is 2.99. The summed E-state index contributed by atoms with van der Waals surface area (Å²) < 4.78 is 0. The summed E-state index contributed by atoms with van der Waals surface area (Å²) in [7, 11) is 0. The van der Waals surface area contributed by atoms with Gasteiger partial charge in [0, 0.05) is 42.4 Å². The van der Waals surface area contributed by atoms with Gasteiger partial charge < -0.3 is 19.9 Å². The molecule has 2 saturated heterocycles. The van der Waals surface area contributed by atoms with E-state index in [1.807, 2.05) is 26.8 Å². The van der Waals surface area contributed by atoms with E-state index >= 15 is 0 Å². The fourth-order valence-electron chi connectivity index (χ4n) is 4.65. The zero-order valence-electron chi connectivity index (χ0n) is 17.7. The first-order valence-corrected chi connectivity index (χ1v) is 10.5. The second-order valence-corrected chi connectivity index (χ2v) is 8.20. The van der Waals surface area contributed by atoms with Gasteiger partial charge in [-0.05, 0) is 63.9 Å². The Morgan fingerprint density at radius 1 is 1.17 bits per heavy atom. The summed E-state index contributed by atoms with van der Waals surface area (Å²) >= 11 is 0. The Morgan fingerprint density at radius 3 is 2.50 bits per heavy atom. The number of aryl methyl sites for hydroxylation is 2. The van der Waals surface area contributed by atoms with Crippen molar-refractivity contribution in [2.45, 2.75) is 39.7 Å². The first-order valence-electron chi connectivity index (χ1n) is 10.5. The number of nitrogens with zero attached hydrogens (tertiary/aromatic N) is 3. The van der Waals surface area contributed by atoms with E-state index in [1.165, 1.54) is 0 Å². The van der Waals surface area contributed by atoms with Gasteiger partial charge in [-0.2, -0.15) is 0 Å². The molecule has 4 rings (SSSR count). The average Bonchev–Trinajstić information content (AvgIpc) is 3.40. The molecular formula is C23H28N4O3. The minimum Gasteiger partial charge on any atom is -0.507 e. The van der Waals surface area contributed by atoms with Crippen LogP contribution in [0.4, 0.5) is 0 Å². The van der Waals surface area contributed by atoms with Crippen molar-refractivity contribution in [1.82, 2.24) is 19.8 Å². The number of aliphatic hydroxyl groups is 1. The Labute approximate surface area is 176 Å². The van der Waals surface area contributed by atoms with Crippen LogP contribution in [0.25, 0.3) is 5.76 Å². The van der Waals surface area contributed by atoms with Crippen LogP contribution in [0, 0.1) is 20.8 Å². The number of amides is 1. The van der Waals surface area contributed by atoms with Crippen LogP contribution < -0.4 is 0 Å². The Balaban J connectivity index is 1.79. The van der Waals surface area contributed by atoms with Crippen molar-refractivity contribution in [2.24, 2.45) is 0 Å². The van der Waals surface area contributed by atoms with Crippen LogP contribution in [-0.4, -0.2) is 62.7 Å². The Bertz CT molecular complexity index is 1000. The smallest absolute Gasteiger partial charge is 0.295 e. The second-order valence-electron chi connectivity index (χ2n) is 8.20. The number of carbonyl (C=O) groups is 2. The summed E-state index contributed by atoms with van der Waals surface area (Å²) in [5.41, 5.74) is 4.03. The van der Waals surface area contributed by atoms with Crippen LogP contribution in [0.5, 0.6) is 0 Å². The molecule has 4 heterocycles. The molecule has 2 aliphatic heterocycles. The molecule has 0 saturated carbocycles. The molecule has 7 heteroatoms. The third-order valence-corrected chi connectivity index (χ3v) is 6.32. The fraction of sp³-hybridized carbons (Fsp3) is 0.435. The highest BCUT2D eigenvalue weighted by Gasteiger charge is 2.46. The average molecular weight is 409 g/mol. The molecule has 2 fully saturated rings. The van der Waals surface area contributed by atoms with E-state index in [1.54, 1.807) is 23.4 Å². The lowest BCUT2D eigenvalue weighted by molar-refractivity contribution is -0.140. The quantitative estimate of drug-likeness (QED) is 0.451. The SMILES string of the molecule is Cc1[nH]c(C)c(/C(O)=C2\C(=O)C(=O)N(CCN3CCCC3)C2c2cccnc2)c1C. The standard InChI is InChI=1S/C23H28N4O3/c1-14-15(2)25-16(3)18(14)21(28)19-20(17-7-6-8-24-13-17)27(23(30)22(19)29)12-11-26-9-4-5-10-26/h6-8,13,20,25,28H,4-5,9-12H2,1-3H3/b21-19+. The number of pyridine rings is 1. The predicted octanol–water partition coefficient (Wildman–Crippen LogP) is 2.85. The summed E-state index contributed by atoms with van der Waals surface area (Å²) in [5.74, 6) is -1.32. The van der Waals surface area contributed by atoms with E-state index in [2.05, 4.69) is 14.9 Å². The number of aromatic amines is 1. The van der Waals surface area contributed by atoms with Crippen LogP contribution in [0.1, 0.15) is 47.0 Å². The number of aromatic nitrogens is 2. The minimum absolute atomic E-state index is 0.120. The van der Waals surface area contributed by atoms with Gasteiger partial charge in [-0.25, -0.2) is 0 Å². The van der Waals surface area contributed by atoms with Crippen molar-refractivity contribution in [3.8, 4) is 0 Å². The van der Waals surface area contributed by atoms with Crippen molar-refractivity contribution in [3.05, 3.63) is 58.2 Å². The molecule has 0 radical (unpaired) electrons. The summed E-state index contributed by atoms with van der Waals surface area (Å²) in [6.07, 6.45) is 5.64. The van der Waals surface area contributed by atoms with E-state index < -0.39 is 17.7 Å². The van der Waals surface area contributed by atoms with Gasteiger partial charge in [-0.3, -0.25) is 14.6 Å². The summed E-state index contributed by atoms with van der Waals surface area (Å²) in [4.78, 5) is 37.4. The number of hydrogen-bond acceptors (Lipinski definition) is 5. The number of hydrogen-bond donors (Lipinski definition) is 2. The molecule has 2 aliphatic rings. The molecule has 7 nitrogen and oxygen atoms in total. The van der Waals surface area contributed by atoms with Crippen LogP contribution in [0.2, 0.25) is 0 Å². The molecule has 0 spiro atoms. The van der Waals surface area contributed by atoms with Crippen LogP contribution in [0.3, 0.4) is 0 Å². The maximum absolute atomic E-state index is 13.1. The molecule has 2 N–H and O–H groups in total. The van der Waals surface area contributed by atoms with Crippen LogP contribution in [-0.2, 0) is 9.59 Å². The van der Waals surface area contributed by atoms with E-state index in [0.717, 1.165) is 48.4 Å². The third-order valence-electron chi connectivity index (χ3n) is 6.32. The third kappa shape index (κ3) is 3.43. The van der Waals surface area contributed by atoms with Gasteiger partial charge in [0.15, 0.2) is 0 Å². The number of aliphatic hydroxyl groups excluding tert-OH is 1. The molecule has 1 atom stereocenters. The number of likely N-dealkylation sites (tertiary alicyclic amines) is 2. The number of Topliss-reactive ketones (excluding diaryl/α,β-unsaturated/α-hetero) is 1. The highest BCUT2D eigenvalue weighted by atomic mass is 16.3. The summed E-state index contributed by atoms with van der Waals surface area (Å²) in [5, 5.41) is 11.2. The van der Waals surface area contributed by atoms with Gasteiger partial charge in [0.25, 0.3) is 11.7 Å². The van der Waals surface area contributed by atoms with Gasteiger partial charge in [0.05, 0.1) is 11.6 Å². The summed E-state index contributed by atoms with van der Waals surface area (Å²) in [6.45, 7) is 8.86. The first-order chi connectivity index (χ1) is 14.4. The van der Waals surface area contributed by atoms with Crippen LogP contribution >= 0.6 is 0 Å². The van der Waals surface area contributed by atoms with Gasteiger partial charge >= 0.3 is 0 Å². The highest BCUT2D eigenvalue weighted by molar-refractivity contribution is 6.46. The van der Waals surface area contributed by atoms with E-state index in [0.29, 0.717) is 18.7 Å². The molecule has 158 valence electrons. The number of carbonyl (C=O) groups excluding carboxylic acids is 2. The van der Waals surface area contributed by atoms with Gasteiger partial charge in [0.2, 0.25) is 0 Å². The molecule has 0 bridgehead atoms. The van der Waals surface area contributed by atoms with E-state index in [-0.39, 0.29) is 11.3 Å². The minimum atomic E-state index is -0.643. The maximum atomic E-state index is 13.1. The number of ketones is 1. The van der Waals surface area contributed by atoms with Crippen molar-refractivity contribution >= 4 is 17.4 Å². The molecule has 2 aromatic rings. The van der Waals surface area contributed by atoms with Crippen molar-refractivity contribution in [1.29, 1.82) is 0 Å². The molecular weight excluding hydrogens is 380 g/mol. The van der Waals surface area contributed by atoms with Crippen LogP contribution in [0.15, 0.2) is 30.1 Å². The highest BCUT2D eigenvalue weighted by Crippen LogP contribution is 2.40. The number of nitrogens with one attached hydrogen (secondary N) is 1.